The lowest BCUT2D eigenvalue weighted by Crippen LogP contribution is -2.31. The zero-order valence-electron chi connectivity index (χ0n) is 14.9. The summed E-state index contributed by atoms with van der Waals surface area (Å²) in [6.07, 6.45) is 1.58. The van der Waals surface area contributed by atoms with Crippen LogP contribution in [-0.2, 0) is 9.59 Å². The highest BCUT2D eigenvalue weighted by Gasteiger charge is 2.40. The molecule has 4 rings (SSSR count). The second-order valence-corrected chi connectivity index (χ2v) is 8.29. The first-order valence-electron chi connectivity index (χ1n) is 8.56. The molecule has 0 unspecified atom stereocenters. The highest BCUT2D eigenvalue weighted by molar-refractivity contribution is 9.10. The van der Waals surface area contributed by atoms with Crippen LogP contribution in [0.4, 0.5) is 5.69 Å². The number of carbonyl (C=O) groups is 2. The molecule has 2 aliphatic heterocycles. The van der Waals surface area contributed by atoms with E-state index in [4.69, 9.17) is 15.2 Å². The van der Waals surface area contributed by atoms with E-state index in [1.165, 1.54) is 11.1 Å². The Morgan fingerprint density at radius 3 is 2.72 bits per heavy atom. The normalized spacial score (nSPS) is 18.9. The van der Waals surface area contributed by atoms with E-state index in [1.807, 2.05) is 6.07 Å². The van der Waals surface area contributed by atoms with Crippen LogP contribution in [0.2, 0.25) is 0 Å². The summed E-state index contributed by atoms with van der Waals surface area (Å²) in [5.41, 5.74) is 7.18. The molecule has 0 aliphatic carbocycles. The van der Waals surface area contributed by atoms with Crippen molar-refractivity contribution in [1.29, 1.82) is 0 Å². The highest BCUT2D eigenvalue weighted by atomic mass is 79.9. The number of thioether (sulfide) groups is 1. The van der Waals surface area contributed by atoms with Crippen LogP contribution in [0.15, 0.2) is 57.1 Å². The summed E-state index contributed by atoms with van der Waals surface area (Å²) in [4.78, 5) is 26.1. The maximum Gasteiger partial charge on any atom is 0.247 e. The van der Waals surface area contributed by atoms with Crippen LogP contribution in [0, 0.1) is 0 Å². The number of amides is 2. The Kier molecular flexibility index (Phi) is 5.54. The van der Waals surface area contributed by atoms with Crippen LogP contribution >= 0.6 is 27.7 Å². The summed E-state index contributed by atoms with van der Waals surface area (Å²) >= 11 is 4.36. The summed E-state index contributed by atoms with van der Waals surface area (Å²) in [7, 11) is 0. The number of rotatable bonds is 4. The van der Waals surface area contributed by atoms with Crippen molar-refractivity contribution in [3.8, 4) is 11.5 Å². The summed E-state index contributed by atoms with van der Waals surface area (Å²) in [5.74, 6) is 0.732. The largest absolute Gasteiger partial charge is 0.454 e. The number of fused-ring (bicyclic) bond motifs is 1. The van der Waals surface area contributed by atoms with Crippen molar-refractivity contribution in [3.63, 3.8) is 0 Å². The molecule has 148 valence electrons. The van der Waals surface area contributed by atoms with Crippen molar-refractivity contribution < 1.29 is 19.1 Å². The van der Waals surface area contributed by atoms with Gasteiger partial charge in [0.25, 0.3) is 0 Å². The van der Waals surface area contributed by atoms with E-state index in [0.717, 1.165) is 21.8 Å². The van der Waals surface area contributed by atoms with Gasteiger partial charge in [0.15, 0.2) is 16.7 Å². The number of nitrogens with zero attached hydrogens (tertiary/aromatic N) is 3. The van der Waals surface area contributed by atoms with Gasteiger partial charge in [-0.1, -0.05) is 27.7 Å². The first-order valence-corrected chi connectivity index (χ1v) is 10.2. The molecule has 2 heterocycles. The topological polar surface area (TPSA) is 107 Å². The Hall–Kier alpha value is -2.85. The van der Waals surface area contributed by atoms with Gasteiger partial charge in [0.1, 0.15) is 5.25 Å². The number of ether oxygens (including phenoxy) is 2. The van der Waals surface area contributed by atoms with Crippen LogP contribution in [0.1, 0.15) is 12.0 Å². The molecule has 2 aromatic carbocycles. The molecule has 0 radical (unpaired) electrons. The molecule has 2 amide bonds. The highest BCUT2D eigenvalue weighted by Crippen LogP contribution is 2.32. The number of hydrogen-bond acceptors (Lipinski definition) is 7. The van der Waals surface area contributed by atoms with Crippen molar-refractivity contribution in [3.05, 3.63) is 52.5 Å². The van der Waals surface area contributed by atoms with Crippen molar-refractivity contribution in [2.45, 2.75) is 11.7 Å². The predicted molar refractivity (Wildman–Crippen MR) is 114 cm³/mol. The lowest BCUT2D eigenvalue weighted by molar-refractivity contribution is -0.121. The third-order valence-electron chi connectivity index (χ3n) is 4.21. The Labute approximate surface area is 178 Å². The second-order valence-electron chi connectivity index (χ2n) is 6.15. The minimum atomic E-state index is -0.629. The second kappa shape index (κ2) is 8.26. The van der Waals surface area contributed by atoms with Crippen molar-refractivity contribution in [2.24, 2.45) is 15.9 Å². The van der Waals surface area contributed by atoms with E-state index in [2.05, 4.69) is 26.1 Å². The maximum atomic E-state index is 12.6. The molecule has 1 saturated heterocycles. The number of carbonyl (C=O) groups excluding carboxylic acids is 2. The minimum Gasteiger partial charge on any atom is -0.454 e. The molecule has 2 aliphatic rings. The monoisotopic (exact) mass is 474 g/mol. The SMILES string of the molecule is NC(=N/N=C\c1ccc2c(c1)OCO2)S[C@@H]1CC(=O)N(c2ccc(Br)cc2)C1=O. The predicted octanol–water partition coefficient (Wildman–Crippen LogP) is 2.89. The van der Waals surface area contributed by atoms with Gasteiger partial charge in [-0.25, -0.2) is 4.90 Å². The molecule has 0 saturated carbocycles. The van der Waals surface area contributed by atoms with Crippen molar-refractivity contribution in [1.82, 2.24) is 0 Å². The molecule has 8 nitrogen and oxygen atoms in total. The number of nitrogens with two attached hydrogens (primary N) is 1. The lowest BCUT2D eigenvalue weighted by Gasteiger charge is -2.14. The van der Waals surface area contributed by atoms with Crippen molar-refractivity contribution >= 4 is 56.6 Å². The molecule has 10 heteroatoms. The fourth-order valence-corrected chi connectivity index (χ4v) is 3.96. The fourth-order valence-electron chi connectivity index (χ4n) is 2.87. The standard InChI is InChI=1S/C19H15BrN4O4S/c20-12-2-4-13(5-3-12)24-17(25)8-16(18(24)26)29-19(21)23-22-9-11-1-6-14-15(7-11)28-10-27-14/h1-7,9,16H,8,10H2,(H2,21,23)/b22-9-/t16-/m1/s1. The van der Waals surface area contributed by atoms with Crippen LogP contribution in [0.5, 0.6) is 11.5 Å². The first kappa shape index (κ1) is 19.5. The van der Waals surface area contributed by atoms with Crippen LogP contribution < -0.4 is 20.1 Å². The Bertz CT molecular complexity index is 1030. The summed E-state index contributed by atoms with van der Waals surface area (Å²) in [6, 6.07) is 12.3. The number of benzene rings is 2. The summed E-state index contributed by atoms with van der Waals surface area (Å²) in [5, 5.41) is 7.33. The third kappa shape index (κ3) is 4.28. The van der Waals surface area contributed by atoms with Gasteiger partial charge >= 0.3 is 0 Å². The Morgan fingerprint density at radius 2 is 1.93 bits per heavy atom. The lowest BCUT2D eigenvalue weighted by atomic mass is 10.2. The number of amidine groups is 1. The van der Waals surface area contributed by atoms with E-state index in [1.54, 1.807) is 36.4 Å². The van der Waals surface area contributed by atoms with Gasteiger partial charge in [-0.3, -0.25) is 9.59 Å². The van der Waals surface area contributed by atoms with Gasteiger partial charge in [-0.2, -0.15) is 5.10 Å². The van der Waals surface area contributed by atoms with E-state index in [9.17, 15) is 9.59 Å². The van der Waals surface area contributed by atoms with E-state index >= 15 is 0 Å². The number of hydrogen-bond donors (Lipinski definition) is 1. The molecule has 2 aromatic rings. The zero-order chi connectivity index (χ0) is 20.4. The van der Waals surface area contributed by atoms with E-state index in [0.29, 0.717) is 17.2 Å². The van der Waals surface area contributed by atoms with Gasteiger partial charge in [-0.05, 0) is 48.0 Å². The molecule has 1 fully saturated rings. The minimum absolute atomic E-state index is 0.0572. The molecule has 0 spiro atoms. The van der Waals surface area contributed by atoms with Gasteiger partial charge in [-0.15, -0.1) is 5.10 Å². The number of anilines is 1. The number of halogens is 1. The molecule has 29 heavy (non-hydrogen) atoms. The number of imide groups is 1. The van der Waals surface area contributed by atoms with Gasteiger partial charge in [0.2, 0.25) is 18.6 Å². The maximum absolute atomic E-state index is 12.6. The van der Waals surface area contributed by atoms with Gasteiger partial charge in [0.05, 0.1) is 11.9 Å². The van der Waals surface area contributed by atoms with Crippen LogP contribution in [-0.4, -0.2) is 35.2 Å². The summed E-state index contributed by atoms with van der Waals surface area (Å²) < 4.78 is 11.4. The van der Waals surface area contributed by atoms with E-state index in [-0.39, 0.29) is 30.2 Å². The average molecular weight is 475 g/mol. The van der Waals surface area contributed by atoms with Crippen molar-refractivity contribution in [2.75, 3.05) is 11.7 Å². The molecule has 1 atom stereocenters. The van der Waals surface area contributed by atoms with Crippen LogP contribution in [0.25, 0.3) is 0 Å². The smallest absolute Gasteiger partial charge is 0.247 e. The molecular formula is C19H15BrN4O4S. The zero-order valence-corrected chi connectivity index (χ0v) is 17.4. The van der Waals surface area contributed by atoms with Gasteiger partial charge in [0, 0.05) is 10.9 Å². The first-order chi connectivity index (χ1) is 14.0. The Balaban J connectivity index is 1.40. The quantitative estimate of drug-likeness (QED) is 0.316. The molecular weight excluding hydrogens is 460 g/mol. The van der Waals surface area contributed by atoms with E-state index < -0.39 is 5.25 Å². The van der Waals surface area contributed by atoms with Gasteiger partial charge < -0.3 is 15.2 Å². The Morgan fingerprint density at radius 1 is 1.17 bits per heavy atom. The van der Waals surface area contributed by atoms with Crippen LogP contribution in [0.3, 0.4) is 0 Å². The molecule has 0 aromatic heterocycles. The fraction of sp³-hybridized carbons (Fsp3) is 0.158. The third-order valence-corrected chi connectivity index (χ3v) is 5.72. The molecule has 0 bridgehead atoms. The summed E-state index contributed by atoms with van der Waals surface area (Å²) in [6.45, 7) is 0.198. The molecule has 2 N–H and O–H groups in total. The average Bonchev–Trinajstić information content (AvgIpc) is 3.27.